The Morgan fingerprint density at radius 2 is 2.56 bits per heavy atom. The summed E-state index contributed by atoms with van der Waals surface area (Å²) in [5.74, 6) is -0.311. The van der Waals surface area contributed by atoms with Gasteiger partial charge in [0.15, 0.2) is 0 Å². The van der Waals surface area contributed by atoms with E-state index in [1.807, 2.05) is 7.05 Å². The topological polar surface area (TPSA) is 49.1 Å². The first kappa shape index (κ1) is 10.8. The Morgan fingerprint density at radius 1 is 1.75 bits per heavy atom. The predicted octanol–water partition coefficient (Wildman–Crippen LogP) is 1.18. The highest BCUT2D eigenvalue weighted by Crippen LogP contribution is 2.18. The molecule has 0 aromatic carbocycles. The fourth-order valence-corrected chi connectivity index (χ4v) is 1.56. The van der Waals surface area contributed by atoms with Crippen LogP contribution in [-0.4, -0.2) is 36.1 Å². The molecule has 2 rings (SSSR count). The summed E-state index contributed by atoms with van der Waals surface area (Å²) >= 11 is 0. The van der Waals surface area contributed by atoms with Gasteiger partial charge in [-0.2, -0.15) is 9.65 Å². The van der Waals surface area contributed by atoms with Gasteiger partial charge in [0.05, 0.1) is 6.20 Å². The fraction of sp³-hybridized carbons (Fsp3) is 0.455. The van der Waals surface area contributed by atoms with Gasteiger partial charge in [0.1, 0.15) is 24.0 Å². The summed E-state index contributed by atoms with van der Waals surface area (Å²) in [4.78, 5) is 5.65. The highest BCUT2D eigenvalue weighted by molar-refractivity contribution is 5.33. The molecule has 0 N–H and O–H groups in total. The molecule has 1 atom stereocenters. The number of hydrogen-bond donors (Lipinski definition) is 0. The van der Waals surface area contributed by atoms with Crippen LogP contribution >= 0.6 is 0 Å². The summed E-state index contributed by atoms with van der Waals surface area (Å²) in [6.45, 7) is 1.63. The third-order valence-electron chi connectivity index (χ3n) is 2.82. The van der Waals surface area contributed by atoms with Crippen LogP contribution in [0.25, 0.3) is 0 Å². The van der Waals surface area contributed by atoms with Crippen LogP contribution in [0.5, 0.6) is 5.75 Å². The number of aromatic nitrogens is 1. The van der Waals surface area contributed by atoms with Gasteiger partial charge in [0.2, 0.25) is 5.95 Å². The molecule has 2 heterocycles. The maximum absolute atomic E-state index is 12.9. The van der Waals surface area contributed by atoms with Crippen LogP contribution in [0.4, 0.5) is 4.39 Å². The number of likely N-dealkylation sites (tertiary alicyclic amines) is 1. The van der Waals surface area contributed by atoms with Gasteiger partial charge in [0, 0.05) is 12.1 Å². The maximum atomic E-state index is 12.9. The Balaban J connectivity index is 1.97. The lowest BCUT2D eigenvalue weighted by atomic mass is 10.1. The molecule has 1 aliphatic heterocycles. The number of likely N-dealkylation sites (N-methyl/N-ethyl adjacent to an activating group) is 1. The number of nitrogens with zero attached hydrogens (tertiary/aromatic N) is 3. The van der Waals surface area contributed by atoms with E-state index in [1.165, 1.54) is 12.3 Å². The lowest BCUT2D eigenvalue weighted by Gasteiger charge is -2.37. The van der Waals surface area contributed by atoms with Gasteiger partial charge in [-0.25, -0.2) is 4.98 Å². The van der Waals surface area contributed by atoms with E-state index in [2.05, 4.69) is 9.88 Å². The summed E-state index contributed by atoms with van der Waals surface area (Å²) in [7, 11) is 2.03. The van der Waals surface area contributed by atoms with Crippen molar-refractivity contribution >= 4 is 0 Å². The van der Waals surface area contributed by atoms with Crippen LogP contribution in [0.2, 0.25) is 0 Å². The van der Waals surface area contributed by atoms with Gasteiger partial charge in [-0.3, -0.25) is 4.90 Å². The van der Waals surface area contributed by atoms with Crippen molar-refractivity contribution in [3.8, 4) is 11.8 Å². The highest BCUT2D eigenvalue weighted by Gasteiger charge is 2.24. The molecule has 1 fully saturated rings. The largest absolute Gasteiger partial charge is 0.490 e. The van der Waals surface area contributed by atoms with E-state index in [0.717, 1.165) is 13.0 Å². The van der Waals surface area contributed by atoms with Gasteiger partial charge in [-0.1, -0.05) is 0 Å². The normalized spacial score (nSPS) is 19.9. The molecule has 0 radical (unpaired) electrons. The van der Waals surface area contributed by atoms with Crippen LogP contribution < -0.4 is 4.74 Å². The second-order valence-electron chi connectivity index (χ2n) is 3.86. The lowest BCUT2D eigenvalue weighted by molar-refractivity contribution is 0.0767. The number of ether oxygens (including phenoxy) is 1. The molecule has 1 aliphatic rings. The molecule has 1 aromatic rings. The molecule has 0 unspecified atom stereocenters. The Kier molecular flexibility index (Phi) is 3.02. The Bertz CT molecular complexity index is 430. The molecule has 84 valence electrons. The van der Waals surface area contributed by atoms with Crippen molar-refractivity contribution in [3.63, 3.8) is 0 Å². The maximum Gasteiger partial charge on any atom is 0.231 e. The molecule has 5 heteroatoms. The summed E-state index contributed by atoms with van der Waals surface area (Å²) in [5.41, 5.74) is -0.0838. The van der Waals surface area contributed by atoms with Crippen LogP contribution in [0, 0.1) is 17.3 Å². The molecule has 0 amide bonds. The third kappa shape index (κ3) is 2.12. The zero-order chi connectivity index (χ0) is 11.5. The Morgan fingerprint density at radius 3 is 3.12 bits per heavy atom. The standard InChI is InChI=1S/C11H12FN3O/c1-15-3-2-9(15)7-16-10-4-8(5-13)11(12)14-6-10/h4,6,9H,2-3,7H2,1H3/t9-/m1/s1. The molecule has 1 saturated heterocycles. The minimum Gasteiger partial charge on any atom is -0.490 e. The quantitative estimate of drug-likeness (QED) is 0.719. The highest BCUT2D eigenvalue weighted by atomic mass is 19.1. The number of nitriles is 1. The van der Waals surface area contributed by atoms with Gasteiger partial charge < -0.3 is 4.74 Å². The van der Waals surface area contributed by atoms with Crippen LogP contribution in [0.3, 0.4) is 0 Å². The molecule has 16 heavy (non-hydrogen) atoms. The Labute approximate surface area is 93.3 Å². The van der Waals surface area contributed by atoms with Crippen LogP contribution in [0.15, 0.2) is 12.3 Å². The zero-order valence-corrected chi connectivity index (χ0v) is 8.98. The molecule has 4 nitrogen and oxygen atoms in total. The SMILES string of the molecule is CN1CC[C@@H]1COc1cnc(F)c(C#N)c1. The Hall–Kier alpha value is -1.67. The van der Waals surface area contributed by atoms with Crippen LogP contribution in [0.1, 0.15) is 12.0 Å². The molecule has 0 saturated carbocycles. The zero-order valence-electron chi connectivity index (χ0n) is 8.98. The van der Waals surface area contributed by atoms with Gasteiger partial charge >= 0.3 is 0 Å². The predicted molar refractivity (Wildman–Crippen MR) is 55.4 cm³/mol. The average molecular weight is 221 g/mol. The second-order valence-corrected chi connectivity index (χ2v) is 3.86. The minimum absolute atomic E-state index is 0.0838. The van der Waals surface area contributed by atoms with Crippen molar-refractivity contribution in [3.05, 3.63) is 23.8 Å². The smallest absolute Gasteiger partial charge is 0.231 e. The summed E-state index contributed by atoms with van der Waals surface area (Å²) < 4.78 is 18.4. The molecule has 0 bridgehead atoms. The molecular weight excluding hydrogens is 209 g/mol. The van der Waals surface area contributed by atoms with E-state index in [0.29, 0.717) is 18.4 Å². The van der Waals surface area contributed by atoms with E-state index >= 15 is 0 Å². The van der Waals surface area contributed by atoms with Gasteiger partial charge in [-0.05, 0) is 20.0 Å². The van der Waals surface area contributed by atoms with Gasteiger partial charge in [-0.15, -0.1) is 0 Å². The van der Waals surface area contributed by atoms with Crippen molar-refractivity contribution in [2.24, 2.45) is 0 Å². The van der Waals surface area contributed by atoms with Crippen molar-refractivity contribution in [2.45, 2.75) is 12.5 Å². The number of rotatable bonds is 3. The monoisotopic (exact) mass is 221 g/mol. The summed E-state index contributed by atoms with van der Waals surface area (Å²) in [5, 5.41) is 8.63. The van der Waals surface area contributed by atoms with Crippen molar-refractivity contribution in [1.29, 1.82) is 5.26 Å². The minimum atomic E-state index is -0.754. The third-order valence-corrected chi connectivity index (χ3v) is 2.82. The van der Waals surface area contributed by atoms with E-state index in [4.69, 9.17) is 10.00 Å². The van der Waals surface area contributed by atoms with E-state index < -0.39 is 5.95 Å². The van der Waals surface area contributed by atoms with E-state index in [9.17, 15) is 4.39 Å². The van der Waals surface area contributed by atoms with Crippen LogP contribution in [-0.2, 0) is 0 Å². The van der Waals surface area contributed by atoms with Crippen molar-refractivity contribution < 1.29 is 9.13 Å². The molecular formula is C11H12FN3O. The first-order valence-corrected chi connectivity index (χ1v) is 5.09. The molecule has 0 aliphatic carbocycles. The van der Waals surface area contributed by atoms with Gasteiger partial charge in [0.25, 0.3) is 0 Å². The fourth-order valence-electron chi connectivity index (χ4n) is 1.56. The summed E-state index contributed by atoms with van der Waals surface area (Å²) in [6, 6.07) is 3.52. The number of hydrogen-bond acceptors (Lipinski definition) is 4. The van der Waals surface area contributed by atoms with E-state index in [1.54, 1.807) is 6.07 Å². The average Bonchev–Trinajstić information content (AvgIpc) is 2.29. The van der Waals surface area contributed by atoms with Crippen molar-refractivity contribution in [2.75, 3.05) is 20.2 Å². The number of pyridine rings is 1. The van der Waals surface area contributed by atoms with E-state index in [-0.39, 0.29) is 5.56 Å². The summed E-state index contributed by atoms with van der Waals surface area (Å²) in [6.07, 6.45) is 2.41. The lowest BCUT2D eigenvalue weighted by Crippen LogP contribution is -2.48. The first-order valence-electron chi connectivity index (χ1n) is 5.09. The van der Waals surface area contributed by atoms with Crippen molar-refractivity contribution in [1.82, 2.24) is 9.88 Å². The second kappa shape index (κ2) is 4.45. The molecule has 1 aromatic heterocycles. The molecule has 0 spiro atoms. The first-order chi connectivity index (χ1) is 7.70. The number of halogens is 1.